The average molecular weight is 332 g/mol. The van der Waals surface area contributed by atoms with Gasteiger partial charge in [-0.25, -0.2) is 0 Å². The topological polar surface area (TPSA) is 26.8 Å². The molecule has 4 nitrogen and oxygen atoms in total. The summed E-state index contributed by atoms with van der Waals surface area (Å²) in [6, 6.07) is 6.85. The van der Waals surface area contributed by atoms with Gasteiger partial charge in [-0.05, 0) is 78.0 Å². The molecule has 1 fully saturated rings. The van der Waals surface area contributed by atoms with E-state index in [2.05, 4.69) is 51.6 Å². The van der Waals surface area contributed by atoms with Crippen LogP contribution in [0.5, 0.6) is 0 Å². The summed E-state index contributed by atoms with van der Waals surface area (Å²) in [5.74, 6) is 0.171. The number of hydrogen-bond donors (Lipinski definition) is 0. The Bertz CT molecular complexity index is 558. The zero-order valence-corrected chi connectivity index (χ0v) is 16.2. The van der Waals surface area contributed by atoms with E-state index in [0.717, 1.165) is 31.7 Å². The predicted octanol–water partition coefficient (Wildman–Crippen LogP) is 2.79. The van der Waals surface area contributed by atoms with Gasteiger partial charge in [-0.15, -0.1) is 0 Å². The number of amides is 1. The highest BCUT2D eigenvalue weighted by Gasteiger charge is 2.31. The number of piperazine rings is 1. The molecule has 1 aliphatic rings. The van der Waals surface area contributed by atoms with Gasteiger partial charge in [0.05, 0.1) is 0 Å². The first-order valence-corrected chi connectivity index (χ1v) is 9.06. The van der Waals surface area contributed by atoms with Crippen LogP contribution in [0.4, 0.5) is 0 Å². The largest absolute Gasteiger partial charge is 0.336 e. The van der Waals surface area contributed by atoms with Crippen LogP contribution in [0.2, 0.25) is 0 Å². The number of rotatable bonds is 5. The summed E-state index contributed by atoms with van der Waals surface area (Å²) in [6.07, 6.45) is 1.17. The lowest BCUT2D eigenvalue weighted by Crippen LogP contribution is -2.58. The summed E-state index contributed by atoms with van der Waals surface area (Å²) in [4.78, 5) is 19.7. The van der Waals surface area contributed by atoms with E-state index in [9.17, 15) is 4.79 Å². The lowest BCUT2D eigenvalue weighted by atomic mass is 10.0. The molecule has 1 aliphatic heterocycles. The van der Waals surface area contributed by atoms with Crippen LogP contribution in [0.15, 0.2) is 18.2 Å². The maximum atomic E-state index is 12.9. The zero-order valence-electron chi connectivity index (χ0n) is 16.2. The third-order valence-corrected chi connectivity index (χ3v) is 5.16. The normalized spacial score (nSPS) is 22.2. The molecule has 0 spiro atoms. The predicted molar refractivity (Wildman–Crippen MR) is 101 cm³/mol. The lowest BCUT2D eigenvalue weighted by Gasteiger charge is -2.44. The van der Waals surface area contributed by atoms with Crippen molar-refractivity contribution in [1.82, 2.24) is 14.7 Å². The van der Waals surface area contributed by atoms with E-state index >= 15 is 0 Å². The third-order valence-electron chi connectivity index (χ3n) is 5.16. The standard InChI is InChI=1S/C20H33N3O/c1-15-8-9-19(12-16(15)2)20(24)22-13-17(3)23(18(4)14-22)11-7-10-21(5)6/h8-9,12,17-18H,7,10-11,13-14H2,1-6H3. The summed E-state index contributed by atoms with van der Waals surface area (Å²) in [5, 5.41) is 0. The van der Waals surface area contributed by atoms with Crippen LogP contribution >= 0.6 is 0 Å². The van der Waals surface area contributed by atoms with Crippen molar-refractivity contribution >= 4 is 5.91 Å². The van der Waals surface area contributed by atoms with Crippen LogP contribution in [-0.2, 0) is 0 Å². The average Bonchev–Trinajstić information content (AvgIpc) is 2.51. The third kappa shape index (κ3) is 4.58. The number of aryl methyl sites for hydroxylation is 2. The maximum Gasteiger partial charge on any atom is 0.253 e. The molecule has 0 aromatic heterocycles. The molecule has 0 radical (unpaired) electrons. The van der Waals surface area contributed by atoms with Crippen LogP contribution < -0.4 is 0 Å². The van der Waals surface area contributed by atoms with Crippen LogP contribution in [0.1, 0.15) is 41.8 Å². The van der Waals surface area contributed by atoms with Gasteiger partial charge in [0.2, 0.25) is 0 Å². The molecule has 2 unspecified atom stereocenters. The smallest absolute Gasteiger partial charge is 0.253 e. The number of hydrogen-bond acceptors (Lipinski definition) is 3. The van der Waals surface area contributed by atoms with Gasteiger partial charge in [0.1, 0.15) is 0 Å². The molecule has 134 valence electrons. The molecule has 2 atom stereocenters. The first kappa shape index (κ1) is 18.9. The highest BCUT2D eigenvalue weighted by molar-refractivity contribution is 5.94. The van der Waals surface area contributed by atoms with E-state index in [1.807, 2.05) is 23.1 Å². The Labute approximate surface area is 147 Å². The molecule has 4 heteroatoms. The van der Waals surface area contributed by atoms with Crippen LogP contribution in [0.25, 0.3) is 0 Å². The molecular weight excluding hydrogens is 298 g/mol. The lowest BCUT2D eigenvalue weighted by molar-refractivity contribution is 0.0295. The van der Waals surface area contributed by atoms with Gasteiger partial charge < -0.3 is 9.80 Å². The molecule has 0 bridgehead atoms. The van der Waals surface area contributed by atoms with Crippen molar-refractivity contribution in [3.05, 3.63) is 34.9 Å². The first-order valence-electron chi connectivity index (χ1n) is 9.06. The second-order valence-electron chi connectivity index (χ2n) is 7.60. The van der Waals surface area contributed by atoms with Crippen molar-refractivity contribution in [3.63, 3.8) is 0 Å². The number of nitrogens with zero attached hydrogens (tertiary/aromatic N) is 3. The number of carbonyl (C=O) groups is 1. The molecule has 2 rings (SSSR count). The molecular formula is C20H33N3O. The number of carbonyl (C=O) groups excluding carboxylic acids is 1. The van der Waals surface area contributed by atoms with Gasteiger partial charge in [0, 0.05) is 37.3 Å². The number of benzene rings is 1. The second kappa shape index (κ2) is 8.13. The van der Waals surface area contributed by atoms with E-state index < -0.39 is 0 Å². The summed E-state index contributed by atoms with van der Waals surface area (Å²) in [5.41, 5.74) is 3.24. The quantitative estimate of drug-likeness (QED) is 0.830. The second-order valence-corrected chi connectivity index (χ2v) is 7.60. The highest BCUT2D eigenvalue weighted by Crippen LogP contribution is 2.19. The fourth-order valence-corrected chi connectivity index (χ4v) is 3.59. The van der Waals surface area contributed by atoms with Crippen molar-refractivity contribution in [3.8, 4) is 0 Å². The fraction of sp³-hybridized carbons (Fsp3) is 0.650. The molecule has 1 amide bonds. The summed E-state index contributed by atoms with van der Waals surface area (Å²) >= 11 is 0. The molecule has 0 aliphatic carbocycles. The van der Waals surface area contributed by atoms with E-state index in [-0.39, 0.29) is 5.91 Å². The summed E-state index contributed by atoms with van der Waals surface area (Å²) < 4.78 is 0. The minimum Gasteiger partial charge on any atom is -0.336 e. The van der Waals surface area contributed by atoms with Crippen molar-refractivity contribution in [1.29, 1.82) is 0 Å². The molecule has 1 aromatic carbocycles. The molecule has 1 aromatic rings. The Hall–Kier alpha value is -1.39. The molecule has 1 saturated heterocycles. The minimum absolute atomic E-state index is 0.171. The van der Waals surface area contributed by atoms with Gasteiger partial charge in [-0.2, -0.15) is 0 Å². The highest BCUT2D eigenvalue weighted by atomic mass is 16.2. The fourth-order valence-electron chi connectivity index (χ4n) is 3.59. The maximum absolute atomic E-state index is 12.9. The van der Waals surface area contributed by atoms with Gasteiger partial charge in [0.25, 0.3) is 5.91 Å². The minimum atomic E-state index is 0.171. The summed E-state index contributed by atoms with van der Waals surface area (Å²) in [7, 11) is 4.24. The van der Waals surface area contributed by atoms with E-state index in [1.165, 1.54) is 17.5 Å². The van der Waals surface area contributed by atoms with E-state index in [0.29, 0.717) is 12.1 Å². The van der Waals surface area contributed by atoms with Crippen LogP contribution in [-0.4, -0.2) is 73.0 Å². The summed E-state index contributed by atoms with van der Waals surface area (Å²) in [6.45, 7) is 12.5. The van der Waals surface area contributed by atoms with Crippen molar-refractivity contribution in [2.75, 3.05) is 40.3 Å². The Kier molecular flexibility index (Phi) is 6.41. The van der Waals surface area contributed by atoms with Crippen molar-refractivity contribution in [2.45, 2.75) is 46.2 Å². The monoisotopic (exact) mass is 331 g/mol. The van der Waals surface area contributed by atoms with Gasteiger partial charge in [-0.3, -0.25) is 9.69 Å². The van der Waals surface area contributed by atoms with Crippen LogP contribution in [0, 0.1) is 13.8 Å². The Balaban J connectivity index is 1.99. The van der Waals surface area contributed by atoms with Gasteiger partial charge >= 0.3 is 0 Å². The first-order chi connectivity index (χ1) is 11.3. The van der Waals surface area contributed by atoms with E-state index in [4.69, 9.17) is 0 Å². The Morgan fingerprint density at radius 2 is 1.75 bits per heavy atom. The molecule has 0 N–H and O–H groups in total. The van der Waals surface area contributed by atoms with Crippen LogP contribution in [0.3, 0.4) is 0 Å². The van der Waals surface area contributed by atoms with Crippen molar-refractivity contribution in [2.24, 2.45) is 0 Å². The van der Waals surface area contributed by atoms with Gasteiger partial charge in [0.15, 0.2) is 0 Å². The molecule has 24 heavy (non-hydrogen) atoms. The SMILES string of the molecule is Cc1ccc(C(=O)N2CC(C)N(CCCN(C)C)C(C)C2)cc1C. The Morgan fingerprint density at radius 3 is 2.29 bits per heavy atom. The van der Waals surface area contributed by atoms with E-state index in [1.54, 1.807) is 0 Å². The molecule has 0 saturated carbocycles. The van der Waals surface area contributed by atoms with Crippen molar-refractivity contribution < 1.29 is 4.79 Å². The Morgan fingerprint density at radius 1 is 1.12 bits per heavy atom. The zero-order chi connectivity index (χ0) is 17.9. The van der Waals surface area contributed by atoms with Gasteiger partial charge in [-0.1, -0.05) is 6.07 Å². The molecule has 1 heterocycles.